The van der Waals surface area contributed by atoms with Crippen molar-refractivity contribution in [1.82, 2.24) is 5.32 Å². The fourth-order valence-electron chi connectivity index (χ4n) is 12.4. The summed E-state index contributed by atoms with van der Waals surface area (Å²) in [4.78, 5) is 24.7. The molecule has 0 heterocycles. The summed E-state index contributed by atoms with van der Waals surface area (Å²) in [6, 6.07) is -0.539. The Morgan fingerprint density at radius 1 is 0.326 bits per heavy atom. The van der Waals surface area contributed by atoms with Crippen molar-refractivity contribution in [3.05, 3.63) is 36.5 Å². The molecule has 0 aromatic heterocycles. The number of unbranched alkanes of at least 4 members (excludes halogenated alkanes) is 57. The van der Waals surface area contributed by atoms with Gasteiger partial charge in [-0.3, -0.25) is 9.59 Å². The standard InChI is InChI=1S/C80H153NO5/c1-3-5-7-9-11-13-15-17-19-21-37-42-46-50-54-58-62-66-70-74-80(85)86-75-71-67-63-59-55-51-47-43-39-36-34-32-30-28-26-24-22-23-25-27-29-31-33-35-38-41-45-49-53-57-61-65-69-73-79(84)81-77(76-82)78(83)72-68-64-60-56-52-48-44-40-20-18-16-14-12-10-8-6-4-2/h11,13,17,19,26,28,77-78,82-83H,3-10,12,14-16,18,20-25,27,29-76H2,1-2H3,(H,81,84)/b13-11-,19-17-,28-26-. The fourth-order valence-corrected chi connectivity index (χ4v) is 12.4. The van der Waals surface area contributed by atoms with Crippen molar-refractivity contribution in [2.24, 2.45) is 0 Å². The van der Waals surface area contributed by atoms with E-state index < -0.39 is 12.1 Å². The Labute approximate surface area is 538 Å². The van der Waals surface area contributed by atoms with Gasteiger partial charge in [0.1, 0.15) is 0 Å². The van der Waals surface area contributed by atoms with Gasteiger partial charge in [0.15, 0.2) is 0 Å². The molecule has 0 radical (unpaired) electrons. The summed E-state index contributed by atoms with van der Waals surface area (Å²) in [5, 5.41) is 23.4. The molecule has 0 bridgehead atoms. The van der Waals surface area contributed by atoms with E-state index in [0.717, 1.165) is 51.4 Å². The van der Waals surface area contributed by atoms with Crippen molar-refractivity contribution in [2.75, 3.05) is 13.2 Å². The number of hydrogen-bond donors (Lipinski definition) is 3. The number of carbonyl (C=O) groups excluding carboxylic acids is 2. The van der Waals surface area contributed by atoms with Crippen molar-refractivity contribution in [3.8, 4) is 0 Å². The summed E-state index contributed by atoms with van der Waals surface area (Å²) in [6.45, 7) is 4.97. The largest absolute Gasteiger partial charge is 0.466 e. The Hall–Kier alpha value is -1.92. The summed E-state index contributed by atoms with van der Waals surface area (Å²) in [5.41, 5.74) is 0. The predicted octanol–water partition coefficient (Wildman–Crippen LogP) is 25.8. The van der Waals surface area contributed by atoms with Crippen LogP contribution in [0.2, 0.25) is 0 Å². The molecule has 2 unspecified atom stereocenters. The molecule has 0 aromatic carbocycles. The highest BCUT2D eigenvalue weighted by Crippen LogP contribution is 2.20. The second kappa shape index (κ2) is 75.5. The van der Waals surface area contributed by atoms with Gasteiger partial charge in [-0.25, -0.2) is 0 Å². The second-order valence-electron chi connectivity index (χ2n) is 27.0. The van der Waals surface area contributed by atoms with E-state index in [0.29, 0.717) is 25.9 Å². The SMILES string of the molecule is CCCCC/C=C\C/C=C\CCCCCCCCCCCC(=O)OCCCCCCCCCCCCCC/C=C\CCCCCCCCCCCCCCCCCCCC(=O)NC(CO)C(O)CCCCCCCCCCCCCCCCCCC. The van der Waals surface area contributed by atoms with E-state index in [1.54, 1.807) is 0 Å². The van der Waals surface area contributed by atoms with Gasteiger partial charge in [-0.1, -0.05) is 378 Å². The van der Waals surface area contributed by atoms with Crippen LogP contribution in [-0.2, 0) is 14.3 Å². The van der Waals surface area contributed by atoms with Gasteiger partial charge in [0.05, 0.1) is 25.4 Å². The molecule has 3 N–H and O–H groups in total. The quantitative estimate of drug-likeness (QED) is 0.0320. The summed E-state index contributed by atoms with van der Waals surface area (Å²) in [6.07, 6.45) is 98.0. The van der Waals surface area contributed by atoms with E-state index in [4.69, 9.17) is 4.74 Å². The van der Waals surface area contributed by atoms with Crippen molar-refractivity contribution < 1.29 is 24.5 Å². The number of carbonyl (C=O) groups is 2. The zero-order valence-electron chi connectivity index (χ0n) is 58.3. The van der Waals surface area contributed by atoms with E-state index in [1.165, 1.54) is 353 Å². The van der Waals surface area contributed by atoms with Crippen LogP contribution in [0.1, 0.15) is 438 Å². The number of esters is 1. The number of aliphatic hydroxyl groups is 2. The number of aliphatic hydroxyl groups excluding tert-OH is 2. The topological polar surface area (TPSA) is 95.9 Å². The highest BCUT2D eigenvalue weighted by Gasteiger charge is 2.20. The molecule has 508 valence electrons. The maximum absolute atomic E-state index is 12.5. The van der Waals surface area contributed by atoms with Crippen LogP contribution >= 0.6 is 0 Å². The van der Waals surface area contributed by atoms with Gasteiger partial charge >= 0.3 is 5.97 Å². The number of nitrogens with one attached hydrogen (secondary N) is 1. The van der Waals surface area contributed by atoms with Crippen molar-refractivity contribution >= 4 is 11.9 Å². The molecule has 6 heteroatoms. The van der Waals surface area contributed by atoms with Crippen molar-refractivity contribution in [1.29, 1.82) is 0 Å². The van der Waals surface area contributed by atoms with Gasteiger partial charge in [0.2, 0.25) is 5.91 Å². The third kappa shape index (κ3) is 71.2. The third-order valence-corrected chi connectivity index (χ3v) is 18.4. The first kappa shape index (κ1) is 84.1. The Bertz CT molecular complexity index is 1390. The number of ether oxygens (including phenoxy) is 1. The van der Waals surface area contributed by atoms with Gasteiger partial charge < -0.3 is 20.3 Å². The zero-order valence-corrected chi connectivity index (χ0v) is 58.3. The fraction of sp³-hybridized carbons (Fsp3) is 0.900. The number of rotatable bonds is 74. The molecule has 0 aliphatic heterocycles. The molecule has 0 aliphatic rings. The van der Waals surface area contributed by atoms with Gasteiger partial charge in [-0.05, 0) is 83.5 Å². The van der Waals surface area contributed by atoms with Crippen LogP contribution in [0.3, 0.4) is 0 Å². The van der Waals surface area contributed by atoms with Crippen LogP contribution in [0.25, 0.3) is 0 Å². The average molecular weight is 1210 g/mol. The molecular weight excluding hydrogens is 1050 g/mol. The van der Waals surface area contributed by atoms with Gasteiger partial charge in [-0.15, -0.1) is 0 Å². The first-order chi connectivity index (χ1) is 42.5. The first-order valence-corrected chi connectivity index (χ1v) is 39.2. The van der Waals surface area contributed by atoms with Crippen LogP contribution in [0.5, 0.6) is 0 Å². The molecule has 2 atom stereocenters. The van der Waals surface area contributed by atoms with Crippen LogP contribution < -0.4 is 5.32 Å². The average Bonchev–Trinajstić information content (AvgIpc) is 3.59. The van der Waals surface area contributed by atoms with Crippen molar-refractivity contribution in [3.63, 3.8) is 0 Å². The van der Waals surface area contributed by atoms with Crippen LogP contribution in [0, 0.1) is 0 Å². The zero-order chi connectivity index (χ0) is 62.0. The lowest BCUT2D eigenvalue weighted by molar-refractivity contribution is -0.143. The van der Waals surface area contributed by atoms with Gasteiger partial charge in [0.25, 0.3) is 0 Å². The monoisotopic (exact) mass is 1210 g/mol. The molecule has 0 rings (SSSR count). The maximum atomic E-state index is 12.5. The highest BCUT2D eigenvalue weighted by molar-refractivity contribution is 5.76. The Kier molecular flexibility index (Phi) is 73.9. The normalized spacial score (nSPS) is 12.7. The lowest BCUT2D eigenvalue weighted by Gasteiger charge is -2.22. The number of hydrogen-bond acceptors (Lipinski definition) is 5. The summed E-state index contributed by atoms with van der Waals surface area (Å²) >= 11 is 0. The molecule has 0 fully saturated rings. The van der Waals surface area contributed by atoms with Crippen molar-refractivity contribution in [2.45, 2.75) is 450 Å². The molecule has 86 heavy (non-hydrogen) atoms. The minimum atomic E-state index is -0.663. The number of allylic oxidation sites excluding steroid dienone is 6. The second-order valence-corrected chi connectivity index (χ2v) is 27.0. The molecule has 6 nitrogen and oxygen atoms in total. The minimum absolute atomic E-state index is 0.0156. The predicted molar refractivity (Wildman–Crippen MR) is 379 cm³/mol. The molecule has 0 saturated heterocycles. The van der Waals surface area contributed by atoms with Crippen LogP contribution in [-0.4, -0.2) is 47.4 Å². The molecule has 0 aromatic rings. The third-order valence-electron chi connectivity index (χ3n) is 18.4. The van der Waals surface area contributed by atoms with Gasteiger partial charge in [0, 0.05) is 12.8 Å². The van der Waals surface area contributed by atoms with E-state index in [1.807, 2.05) is 0 Å². The van der Waals surface area contributed by atoms with E-state index in [9.17, 15) is 19.8 Å². The summed E-state index contributed by atoms with van der Waals surface area (Å²) < 4.78 is 5.51. The Morgan fingerprint density at radius 3 is 0.919 bits per heavy atom. The Balaban J connectivity index is 3.34. The van der Waals surface area contributed by atoms with E-state index in [-0.39, 0.29) is 18.5 Å². The highest BCUT2D eigenvalue weighted by atomic mass is 16.5. The van der Waals surface area contributed by atoms with E-state index in [2.05, 4.69) is 55.6 Å². The molecule has 0 saturated carbocycles. The van der Waals surface area contributed by atoms with Gasteiger partial charge in [-0.2, -0.15) is 0 Å². The first-order valence-electron chi connectivity index (χ1n) is 39.2. The van der Waals surface area contributed by atoms with Crippen LogP contribution in [0.4, 0.5) is 0 Å². The Morgan fingerprint density at radius 2 is 0.581 bits per heavy atom. The minimum Gasteiger partial charge on any atom is -0.466 e. The lowest BCUT2D eigenvalue weighted by atomic mass is 10.0. The molecular formula is C80H153NO5. The number of amides is 1. The molecule has 1 amide bonds. The smallest absolute Gasteiger partial charge is 0.305 e. The lowest BCUT2D eigenvalue weighted by Crippen LogP contribution is -2.45. The summed E-state index contributed by atoms with van der Waals surface area (Å²) in [7, 11) is 0. The molecule has 0 spiro atoms. The molecule has 0 aliphatic carbocycles. The summed E-state index contributed by atoms with van der Waals surface area (Å²) in [5.74, 6) is -0.0124. The van der Waals surface area contributed by atoms with Crippen LogP contribution in [0.15, 0.2) is 36.5 Å². The van der Waals surface area contributed by atoms with E-state index >= 15 is 0 Å². The maximum Gasteiger partial charge on any atom is 0.305 e.